The third-order valence-electron chi connectivity index (χ3n) is 5.78. The lowest BCUT2D eigenvalue weighted by Gasteiger charge is -2.26. The molecule has 0 aliphatic carbocycles. The first kappa shape index (κ1) is 24.4. The predicted octanol–water partition coefficient (Wildman–Crippen LogP) is 4.56. The number of hydrogen-bond acceptors (Lipinski definition) is 5. The number of anilines is 2. The van der Waals surface area contributed by atoms with Gasteiger partial charge in [0.2, 0.25) is 11.7 Å². The van der Waals surface area contributed by atoms with Gasteiger partial charge < -0.3 is 16.0 Å². The standard InChI is InChI=1S/C24H22F5N5O/c25-18-10-19(16-5-7-17(8-6-16)24(27,28)29)34(12-18)23-21(26)22(32-13-33-23)31-11-15-3-1-14(2-4-15)9-20(30)35/h1-8,13,18-19H,9-12H2,(H2,30,35)(H,31,32,33)/t18-,19?/m0/s1. The van der Waals surface area contributed by atoms with Crippen LogP contribution in [-0.4, -0.2) is 28.6 Å². The van der Waals surface area contributed by atoms with Crippen LogP contribution < -0.4 is 16.0 Å². The highest BCUT2D eigenvalue weighted by atomic mass is 19.4. The van der Waals surface area contributed by atoms with Crippen LogP contribution in [-0.2, 0) is 23.9 Å². The number of aromatic nitrogens is 2. The fraction of sp³-hybridized carbons (Fsp3) is 0.292. The van der Waals surface area contributed by atoms with E-state index in [2.05, 4.69) is 15.3 Å². The van der Waals surface area contributed by atoms with E-state index in [9.17, 15) is 22.4 Å². The molecule has 2 heterocycles. The van der Waals surface area contributed by atoms with Gasteiger partial charge in [0.15, 0.2) is 11.6 Å². The fourth-order valence-electron chi connectivity index (χ4n) is 4.08. The maximum absolute atomic E-state index is 15.3. The van der Waals surface area contributed by atoms with Crippen molar-refractivity contribution < 1.29 is 26.7 Å². The molecule has 2 aromatic carbocycles. The second-order valence-corrected chi connectivity index (χ2v) is 8.29. The number of carbonyl (C=O) groups is 1. The molecule has 2 atom stereocenters. The van der Waals surface area contributed by atoms with Gasteiger partial charge in [-0.05, 0) is 28.8 Å². The molecule has 1 amide bonds. The molecule has 1 aliphatic rings. The van der Waals surface area contributed by atoms with Crippen LogP contribution in [0.1, 0.15) is 34.7 Å². The second-order valence-electron chi connectivity index (χ2n) is 8.29. The van der Waals surface area contributed by atoms with Gasteiger partial charge in [0.25, 0.3) is 0 Å². The number of amides is 1. The summed E-state index contributed by atoms with van der Waals surface area (Å²) in [5.74, 6) is -1.46. The summed E-state index contributed by atoms with van der Waals surface area (Å²) in [6.45, 7) is 0.0681. The number of hydrogen-bond donors (Lipinski definition) is 2. The van der Waals surface area contributed by atoms with Crippen molar-refractivity contribution in [3.8, 4) is 0 Å². The van der Waals surface area contributed by atoms with Crippen molar-refractivity contribution in [2.24, 2.45) is 5.73 Å². The number of nitrogens with one attached hydrogen (secondary N) is 1. The number of carbonyl (C=O) groups excluding carboxylic acids is 1. The lowest BCUT2D eigenvalue weighted by atomic mass is 10.0. The van der Waals surface area contributed by atoms with E-state index < -0.39 is 35.7 Å². The minimum atomic E-state index is -4.49. The molecular weight excluding hydrogens is 469 g/mol. The molecular formula is C24H22F5N5O. The quantitative estimate of drug-likeness (QED) is 0.474. The van der Waals surface area contributed by atoms with Crippen LogP contribution in [0.5, 0.6) is 0 Å². The van der Waals surface area contributed by atoms with Crippen molar-refractivity contribution >= 4 is 17.5 Å². The van der Waals surface area contributed by atoms with Crippen molar-refractivity contribution in [1.29, 1.82) is 0 Å². The van der Waals surface area contributed by atoms with E-state index in [-0.39, 0.29) is 37.6 Å². The van der Waals surface area contributed by atoms with Gasteiger partial charge in [-0.2, -0.15) is 17.6 Å². The van der Waals surface area contributed by atoms with Gasteiger partial charge in [-0.25, -0.2) is 14.4 Å². The summed E-state index contributed by atoms with van der Waals surface area (Å²) in [6, 6.07) is 10.7. The van der Waals surface area contributed by atoms with Gasteiger partial charge in [-0.3, -0.25) is 4.79 Å². The Morgan fingerprint density at radius 3 is 2.34 bits per heavy atom. The third kappa shape index (κ3) is 5.67. The van der Waals surface area contributed by atoms with Crippen molar-refractivity contribution in [3.05, 3.63) is 82.9 Å². The molecule has 4 rings (SSSR count). The SMILES string of the molecule is NC(=O)Cc1ccc(CNc2ncnc(N3C[C@@H](F)CC3c3ccc(C(F)(F)F)cc3)c2F)cc1. The Bertz CT molecular complexity index is 1180. The molecule has 35 heavy (non-hydrogen) atoms. The highest BCUT2D eigenvalue weighted by molar-refractivity contribution is 5.76. The number of primary amides is 1. The number of benzene rings is 2. The van der Waals surface area contributed by atoms with Gasteiger partial charge in [-0.1, -0.05) is 36.4 Å². The zero-order valence-corrected chi connectivity index (χ0v) is 18.4. The van der Waals surface area contributed by atoms with Gasteiger partial charge in [0.05, 0.1) is 24.6 Å². The zero-order chi connectivity index (χ0) is 25.2. The molecule has 3 aromatic rings. The molecule has 1 aliphatic heterocycles. The van der Waals surface area contributed by atoms with E-state index in [0.29, 0.717) is 5.56 Å². The number of halogens is 5. The molecule has 1 fully saturated rings. The summed E-state index contributed by atoms with van der Waals surface area (Å²) in [5, 5.41) is 2.88. The fourth-order valence-corrected chi connectivity index (χ4v) is 4.08. The summed E-state index contributed by atoms with van der Waals surface area (Å²) in [4.78, 5) is 20.3. The van der Waals surface area contributed by atoms with Crippen molar-refractivity contribution in [1.82, 2.24) is 9.97 Å². The van der Waals surface area contributed by atoms with Crippen molar-refractivity contribution in [2.75, 3.05) is 16.8 Å². The summed E-state index contributed by atoms with van der Waals surface area (Å²) in [5.41, 5.74) is 6.34. The van der Waals surface area contributed by atoms with E-state index in [0.717, 1.165) is 29.6 Å². The molecule has 1 unspecified atom stereocenters. The molecule has 11 heteroatoms. The Balaban J connectivity index is 1.52. The number of rotatable bonds is 7. The predicted molar refractivity (Wildman–Crippen MR) is 120 cm³/mol. The molecule has 6 nitrogen and oxygen atoms in total. The minimum Gasteiger partial charge on any atom is -0.369 e. The van der Waals surface area contributed by atoms with Crippen LogP contribution in [0, 0.1) is 5.82 Å². The van der Waals surface area contributed by atoms with Crippen LogP contribution in [0.4, 0.5) is 33.6 Å². The Morgan fingerprint density at radius 2 is 1.71 bits per heavy atom. The van der Waals surface area contributed by atoms with Crippen LogP contribution >= 0.6 is 0 Å². The number of nitrogens with two attached hydrogens (primary N) is 1. The molecule has 0 radical (unpaired) electrons. The molecule has 3 N–H and O–H groups in total. The number of alkyl halides is 4. The Hall–Kier alpha value is -3.76. The van der Waals surface area contributed by atoms with Gasteiger partial charge in [0, 0.05) is 13.0 Å². The highest BCUT2D eigenvalue weighted by Gasteiger charge is 2.37. The third-order valence-corrected chi connectivity index (χ3v) is 5.78. The largest absolute Gasteiger partial charge is 0.416 e. The first-order chi connectivity index (χ1) is 16.6. The summed E-state index contributed by atoms with van der Waals surface area (Å²) >= 11 is 0. The van der Waals surface area contributed by atoms with E-state index >= 15 is 4.39 Å². The van der Waals surface area contributed by atoms with Crippen LogP contribution in [0.2, 0.25) is 0 Å². The first-order valence-electron chi connectivity index (χ1n) is 10.8. The Labute approximate surface area is 198 Å². The van der Waals surface area contributed by atoms with E-state index in [4.69, 9.17) is 5.73 Å². The normalized spacial score (nSPS) is 18.0. The summed E-state index contributed by atoms with van der Waals surface area (Å²) in [6.07, 6.45) is -4.53. The summed E-state index contributed by atoms with van der Waals surface area (Å²) < 4.78 is 68.4. The van der Waals surface area contributed by atoms with Crippen LogP contribution in [0.3, 0.4) is 0 Å². The number of nitrogens with zero attached hydrogens (tertiary/aromatic N) is 3. The zero-order valence-electron chi connectivity index (χ0n) is 18.4. The molecule has 1 saturated heterocycles. The van der Waals surface area contributed by atoms with Crippen molar-refractivity contribution in [3.63, 3.8) is 0 Å². The van der Waals surface area contributed by atoms with Crippen LogP contribution in [0.25, 0.3) is 0 Å². The maximum atomic E-state index is 15.3. The van der Waals surface area contributed by atoms with E-state index in [1.807, 2.05) is 0 Å². The van der Waals surface area contributed by atoms with E-state index in [1.165, 1.54) is 17.0 Å². The molecule has 0 bridgehead atoms. The Morgan fingerprint density at radius 1 is 1.06 bits per heavy atom. The maximum Gasteiger partial charge on any atom is 0.416 e. The van der Waals surface area contributed by atoms with E-state index in [1.54, 1.807) is 24.3 Å². The molecule has 0 saturated carbocycles. The average molecular weight is 491 g/mol. The highest BCUT2D eigenvalue weighted by Crippen LogP contribution is 2.39. The molecule has 0 spiro atoms. The van der Waals surface area contributed by atoms with Gasteiger partial charge in [0.1, 0.15) is 12.5 Å². The van der Waals surface area contributed by atoms with Gasteiger partial charge in [-0.15, -0.1) is 0 Å². The smallest absolute Gasteiger partial charge is 0.369 e. The lowest BCUT2D eigenvalue weighted by Crippen LogP contribution is -2.26. The Kier molecular flexibility index (Phi) is 6.86. The molecule has 184 valence electrons. The molecule has 1 aromatic heterocycles. The average Bonchev–Trinajstić information content (AvgIpc) is 3.20. The first-order valence-corrected chi connectivity index (χ1v) is 10.8. The minimum absolute atomic E-state index is 0.00474. The topological polar surface area (TPSA) is 84.1 Å². The van der Waals surface area contributed by atoms with Gasteiger partial charge >= 0.3 is 6.18 Å². The summed E-state index contributed by atoms with van der Waals surface area (Å²) in [7, 11) is 0. The second kappa shape index (κ2) is 9.85. The monoisotopic (exact) mass is 491 g/mol. The lowest BCUT2D eigenvalue weighted by molar-refractivity contribution is -0.137. The van der Waals surface area contributed by atoms with Crippen molar-refractivity contribution in [2.45, 2.75) is 37.8 Å². The van der Waals surface area contributed by atoms with Crippen LogP contribution in [0.15, 0.2) is 54.9 Å².